The molecule has 130 valence electrons. The van der Waals surface area contributed by atoms with Crippen LogP contribution in [0.3, 0.4) is 0 Å². The minimum atomic E-state index is -0.631. The molecule has 0 bridgehead atoms. The lowest BCUT2D eigenvalue weighted by Crippen LogP contribution is -2.24. The molecule has 5 rings (SSSR count). The van der Waals surface area contributed by atoms with Gasteiger partial charge in [-0.3, -0.25) is 4.79 Å². The normalized spacial score (nSPS) is 15.2. The van der Waals surface area contributed by atoms with Crippen LogP contribution in [-0.2, 0) is 4.79 Å². The molecule has 1 aliphatic heterocycles. The number of thiophene rings is 1. The zero-order chi connectivity index (χ0) is 18.4. The Labute approximate surface area is 158 Å². The molecule has 0 atom stereocenters. The van der Waals surface area contributed by atoms with Gasteiger partial charge in [-0.05, 0) is 24.3 Å². The number of fused-ring (bicyclic) bond motifs is 2. The van der Waals surface area contributed by atoms with Gasteiger partial charge in [0.1, 0.15) is 22.7 Å². The highest BCUT2D eigenvalue weighted by Crippen LogP contribution is 2.35. The maximum absolute atomic E-state index is 12.6. The maximum atomic E-state index is 12.6. The van der Waals surface area contributed by atoms with Gasteiger partial charge in [0.2, 0.25) is 5.78 Å². The first kappa shape index (κ1) is 15.8. The molecule has 1 aliphatic rings. The Morgan fingerprint density at radius 3 is 2.48 bits per heavy atom. The minimum absolute atomic E-state index is 0.0286. The molecule has 4 nitrogen and oxygen atoms in total. The van der Waals surface area contributed by atoms with Gasteiger partial charge in [-0.2, -0.15) is 0 Å². The maximum Gasteiger partial charge on any atom is 0.347 e. The molecule has 0 fully saturated rings. The number of benzene rings is 2. The van der Waals surface area contributed by atoms with Crippen LogP contribution in [-0.4, -0.2) is 11.8 Å². The number of ketones is 1. The predicted molar refractivity (Wildman–Crippen MR) is 104 cm³/mol. The molecule has 4 aromatic rings. The Hall–Kier alpha value is -3.44. The highest BCUT2D eigenvalue weighted by molar-refractivity contribution is 7.19. The van der Waals surface area contributed by atoms with E-state index in [1.807, 2.05) is 42.5 Å². The van der Waals surface area contributed by atoms with E-state index in [0.29, 0.717) is 11.3 Å². The number of carbonyl (C=O) groups excluding carboxylic acids is 2. The van der Waals surface area contributed by atoms with Gasteiger partial charge < -0.3 is 9.15 Å². The van der Waals surface area contributed by atoms with Gasteiger partial charge in [-0.25, -0.2) is 4.79 Å². The average molecular weight is 372 g/mol. The van der Waals surface area contributed by atoms with Crippen molar-refractivity contribution in [3.63, 3.8) is 0 Å². The summed E-state index contributed by atoms with van der Waals surface area (Å²) in [6.45, 7) is 0. The van der Waals surface area contributed by atoms with E-state index in [-0.39, 0.29) is 11.4 Å². The largest absolute Gasteiger partial charge is 0.455 e. The summed E-state index contributed by atoms with van der Waals surface area (Å²) in [4.78, 5) is 25.6. The molecule has 0 unspecified atom stereocenters. The molecular weight excluding hydrogens is 360 g/mol. The topological polar surface area (TPSA) is 56.5 Å². The van der Waals surface area contributed by atoms with Crippen molar-refractivity contribution in [2.75, 3.05) is 0 Å². The molecule has 2 aromatic heterocycles. The quantitative estimate of drug-likeness (QED) is 0.206. The van der Waals surface area contributed by atoms with E-state index < -0.39 is 5.97 Å². The lowest BCUT2D eigenvalue weighted by molar-refractivity contribution is -0.130. The van der Waals surface area contributed by atoms with Crippen LogP contribution in [0.25, 0.3) is 27.7 Å². The van der Waals surface area contributed by atoms with Crippen molar-refractivity contribution < 1.29 is 18.7 Å². The van der Waals surface area contributed by atoms with Crippen LogP contribution in [0.4, 0.5) is 0 Å². The third kappa shape index (κ3) is 2.69. The fraction of sp³-hybridized carbons (Fsp3) is 0. The van der Waals surface area contributed by atoms with E-state index in [0.717, 1.165) is 26.5 Å². The Kier molecular flexibility index (Phi) is 3.55. The smallest absolute Gasteiger partial charge is 0.347 e. The number of para-hydroxylation sites is 1. The van der Waals surface area contributed by atoms with Crippen molar-refractivity contribution in [3.05, 3.63) is 82.7 Å². The highest BCUT2D eigenvalue weighted by Gasteiger charge is 2.30. The van der Waals surface area contributed by atoms with Crippen molar-refractivity contribution in [1.82, 2.24) is 0 Å². The molecule has 0 spiro atoms. The lowest BCUT2D eigenvalue weighted by atomic mass is 9.99. The average Bonchev–Trinajstić information content (AvgIpc) is 3.24. The zero-order valence-electron chi connectivity index (χ0n) is 14.0. The van der Waals surface area contributed by atoms with E-state index in [2.05, 4.69) is 0 Å². The van der Waals surface area contributed by atoms with E-state index in [4.69, 9.17) is 9.15 Å². The van der Waals surface area contributed by atoms with Crippen LogP contribution in [0.2, 0.25) is 0 Å². The Morgan fingerprint density at radius 2 is 1.67 bits per heavy atom. The predicted octanol–water partition coefficient (Wildman–Crippen LogP) is 5.35. The second-order valence-electron chi connectivity index (χ2n) is 6.13. The van der Waals surface area contributed by atoms with E-state index in [1.165, 1.54) is 11.3 Å². The lowest BCUT2D eigenvalue weighted by Gasteiger charge is -2.16. The molecule has 5 heteroatoms. The van der Waals surface area contributed by atoms with Gasteiger partial charge in [-0.15, -0.1) is 11.3 Å². The third-order valence-corrected chi connectivity index (χ3v) is 5.38. The third-order valence-electron chi connectivity index (χ3n) is 4.37. The molecule has 27 heavy (non-hydrogen) atoms. The first-order valence-corrected chi connectivity index (χ1v) is 9.17. The summed E-state index contributed by atoms with van der Waals surface area (Å²) in [6, 6.07) is 20.4. The summed E-state index contributed by atoms with van der Waals surface area (Å²) in [5.74, 6) is 0.140. The summed E-state index contributed by atoms with van der Waals surface area (Å²) in [6.07, 6.45) is 1.57. The molecule has 0 saturated heterocycles. The minimum Gasteiger partial charge on any atom is -0.455 e. The molecule has 2 aromatic carbocycles. The number of rotatable bonds is 2. The zero-order valence-corrected chi connectivity index (χ0v) is 14.8. The number of Topliss-reactive ketones (excluding diaryl/α,β-unsaturated/α-hetero) is 1. The number of ether oxygens (including phenoxy) is 1. The first-order chi connectivity index (χ1) is 13.2. The Bertz CT molecular complexity index is 1200. The number of hydrogen-bond acceptors (Lipinski definition) is 5. The summed E-state index contributed by atoms with van der Waals surface area (Å²) in [7, 11) is 0. The Morgan fingerprint density at radius 1 is 0.889 bits per heavy atom. The van der Waals surface area contributed by atoms with Gasteiger partial charge in [0.25, 0.3) is 0 Å². The summed E-state index contributed by atoms with van der Waals surface area (Å²) >= 11 is 1.46. The molecule has 0 saturated carbocycles. The first-order valence-electron chi connectivity index (χ1n) is 8.35. The van der Waals surface area contributed by atoms with Crippen LogP contribution < -0.4 is 4.74 Å². The van der Waals surface area contributed by atoms with Crippen LogP contribution in [0.1, 0.15) is 15.2 Å². The van der Waals surface area contributed by atoms with Crippen molar-refractivity contribution >= 4 is 39.4 Å². The van der Waals surface area contributed by atoms with E-state index >= 15 is 0 Å². The van der Waals surface area contributed by atoms with E-state index in [1.54, 1.807) is 30.3 Å². The number of carbonyl (C=O) groups is 2. The fourth-order valence-corrected chi connectivity index (χ4v) is 4.04. The van der Waals surface area contributed by atoms with Gasteiger partial charge >= 0.3 is 5.97 Å². The molecule has 0 aliphatic carbocycles. The number of furan rings is 1. The molecule has 0 radical (unpaired) electrons. The second-order valence-corrected chi connectivity index (χ2v) is 7.24. The van der Waals surface area contributed by atoms with Gasteiger partial charge in [-0.1, -0.05) is 42.5 Å². The van der Waals surface area contributed by atoms with Crippen LogP contribution in [0.15, 0.2) is 76.7 Å². The fourth-order valence-electron chi connectivity index (χ4n) is 3.07. The number of hydrogen-bond donors (Lipinski definition) is 0. The van der Waals surface area contributed by atoms with E-state index in [9.17, 15) is 9.59 Å². The van der Waals surface area contributed by atoms with Crippen molar-refractivity contribution in [2.45, 2.75) is 0 Å². The van der Waals surface area contributed by atoms with Gasteiger partial charge in [0, 0.05) is 16.5 Å². The van der Waals surface area contributed by atoms with Gasteiger partial charge in [0.05, 0.1) is 10.3 Å². The monoisotopic (exact) mass is 372 g/mol. The van der Waals surface area contributed by atoms with Crippen molar-refractivity contribution in [3.8, 4) is 17.1 Å². The second kappa shape index (κ2) is 6.07. The number of esters is 1. The van der Waals surface area contributed by atoms with Crippen LogP contribution >= 0.6 is 11.3 Å². The Balaban J connectivity index is 1.52. The van der Waals surface area contributed by atoms with Crippen molar-refractivity contribution in [2.24, 2.45) is 0 Å². The van der Waals surface area contributed by atoms with Crippen molar-refractivity contribution in [1.29, 1.82) is 0 Å². The molecule has 0 amide bonds. The highest BCUT2D eigenvalue weighted by atomic mass is 32.1. The summed E-state index contributed by atoms with van der Waals surface area (Å²) in [5, 5.41) is 0. The SMILES string of the molecule is O=C1Oc2ccccc2C(=O)/C1=C/c1cc2oc(-c3ccccc3)cc2s1. The molecular formula is C22H12O4S. The van der Waals surface area contributed by atoms with Crippen LogP contribution in [0, 0.1) is 0 Å². The molecule has 0 N–H and O–H groups in total. The summed E-state index contributed by atoms with van der Waals surface area (Å²) < 4.78 is 12.1. The summed E-state index contributed by atoms with van der Waals surface area (Å²) in [5.41, 5.74) is 2.15. The van der Waals surface area contributed by atoms with Crippen LogP contribution in [0.5, 0.6) is 5.75 Å². The molecule has 3 heterocycles. The van der Waals surface area contributed by atoms with Gasteiger partial charge in [0.15, 0.2) is 0 Å². The standard InChI is InChI=1S/C22H12O4S/c23-21-15-8-4-5-9-17(15)26-22(24)16(21)10-14-11-19-20(27-14)12-18(25-19)13-6-2-1-3-7-13/h1-12H/b16-10-.